The molecule has 0 amide bonds. The lowest BCUT2D eigenvalue weighted by molar-refractivity contribution is -0.438. The molecule has 0 bridgehead atoms. The fourth-order valence-electron chi connectivity index (χ4n) is 10.9. The SMILES string of the molecule is CCCCC(=O)CCCSCCCCCOCOC(=O)CCCCSCCCC(=O)CCCCC[N+]1=C(C=CC=CC=CC=C2N(CCCCS(=O)(=O)O)c3cc4ccccc4cc3C2(C)C)C(C)(C)c2cc3ccccc3cc21. The molecular formula is C67H91N2O8S3+. The minimum Gasteiger partial charge on any atom is -0.438 e. The molecule has 0 radical (unpaired) electrons. The molecule has 2 aliphatic heterocycles. The van der Waals surface area contributed by atoms with Gasteiger partial charge in [-0.1, -0.05) is 113 Å². The molecule has 1 N–H and O–H groups in total. The summed E-state index contributed by atoms with van der Waals surface area (Å²) in [5, 5.41) is 4.81. The van der Waals surface area contributed by atoms with Gasteiger partial charge >= 0.3 is 5.97 Å². The second kappa shape index (κ2) is 33.3. The number of thioether (sulfide) groups is 2. The number of Topliss-reactive ketones (excluding diaryl/α,β-unsaturated/α-hetero) is 2. The molecule has 2 aliphatic rings. The van der Waals surface area contributed by atoms with Crippen molar-refractivity contribution in [1.29, 1.82) is 0 Å². The number of esters is 1. The zero-order valence-electron chi connectivity index (χ0n) is 48.7. The molecule has 6 rings (SSSR count). The number of hydrogen-bond acceptors (Lipinski definition) is 10. The predicted octanol–water partition coefficient (Wildman–Crippen LogP) is 16.2. The van der Waals surface area contributed by atoms with Gasteiger partial charge in [0.25, 0.3) is 10.1 Å². The van der Waals surface area contributed by atoms with Gasteiger partial charge in [0, 0.05) is 79.6 Å². The zero-order chi connectivity index (χ0) is 57.2. The summed E-state index contributed by atoms with van der Waals surface area (Å²) in [6, 6.07) is 26.2. The van der Waals surface area contributed by atoms with Crippen molar-refractivity contribution in [3.63, 3.8) is 0 Å². The number of allylic oxidation sites excluding steroid dienone is 8. The number of nitrogens with zero attached hydrogens (tertiary/aromatic N) is 2. The quantitative estimate of drug-likeness (QED) is 0.0114. The van der Waals surface area contributed by atoms with E-state index in [1.165, 1.54) is 38.7 Å². The van der Waals surface area contributed by atoms with Gasteiger partial charge in [-0.2, -0.15) is 36.5 Å². The maximum Gasteiger partial charge on any atom is 0.307 e. The van der Waals surface area contributed by atoms with E-state index in [0.29, 0.717) is 56.8 Å². The van der Waals surface area contributed by atoms with Crippen LogP contribution in [-0.2, 0) is 44.8 Å². The highest BCUT2D eigenvalue weighted by Gasteiger charge is 2.44. The number of anilines is 1. The maximum absolute atomic E-state index is 12.9. The molecule has 434 valence electrons. The van der Waals surface area contributed by atoms with Crippen LogP contribution in [0.1, 0.15) is 168 Å². The third-order valence-corrected chi connectivity index (χ3v) is 18.6. The average molecular weight is 1150 g/mol. The summed E-state index contributed by atoms with van der Waals surface area (Å²) < 4.78 is 45.6. The number of benzene rings is 4. The van der Waals surface area contributed by atoms with Gasteiger partial charge < -0.3 is 14.4 Å². The van der Waals surface area contributed by atoms with Crippen LogP contribution >= 0.6 is 23.5 Å². The summed E-state index contributed by atoms with van der Waals surface area (Å²) in [5.41, 5.74) is 6.85. The fourth-order valence-corrected chi connectivity index (χ4v) is 13.4. The second-order valence-corrected chi connectivity index (χ2v) is 26.6. The summed E-state index contributed by atoms with van der Waals surface area (Å²) in [4.78, 5) is 39.1. The first kappa shape index (κ1) is 64.4. The lowest BCUT2D eigenvalue weighted by Crippen LogP contribution is -2.27. The number of hydrogen-bond donors (Lipinski definition) is 1. The number of fused-ring (bicyclic) bond motifs is 4. The molecule has 0 saturated carbocycles. The van der Waals surface area contributed by atoms with E-state index in [9.17, 15) is 27.4 Å². The van der Waals surface area contributed by atoms with Crippen LogP contribution in [0.4, 0.5) is 11.4 Å². The van der Waals surface area contributed by atoms with Gasteiger partial charge in [-0.25, -0.2) is 0 Å². The van der Waals surface area contributed by atoms with Crippen molar-refractivity contribution < 1.29 is 41.4 Å². The van der Waals surface area contributed by atoms with E-state index < -0.39 is 10.1 Å². The summed E-state index contributed by atoms with van der Waals surface area (Å²) in [5.74, 6) is 4.38. The lowest BCUT2D eigenvalue weighted by Gasteiger charge is -2.27. The van der Waals surface area contributed by atoms with Gasteiger partial charge in [0.1, 0.15) is 18.1 Å². The average Bonchev–Trinajstić information content (AvgIpc) is 3.83. The molecule has 80 heavy (non-hydrogen) atoms. The third kappa shape index (κ3) is 20.3. The molecule has 0 fully saturated rings. The molecule has 0 saturated heterocycles. The molecule has 4 aromatic rings. The number of rotatable bonds is 39. The highest BCUT2D eigenvalue weighted by molar-refractivity contribution is 7.99. The van der Waals surface area contributed by atoms with E-state index in [2.05, 4.69) is 159 Å². The van der Waals surface area contributed by atoms with Crippen LogP contribution in [0.3, 0.4) is 0 Å². The largest absolute Gasteiger partial charge is 0.438 e. The minimum atomic E-state index is -4.02. The standard InChI is InChI=1S/C67H90N2O8S3/c1-6-7-33-57(70)35-27-45-78-43-24-12-23-42-76-52-77-65(72)39-20-25-44-79-46-28-36-58(71)34-13-11-21-40-68-61-50-55-31-18-16-29-53(55)48-59(61)66(2,3)63(68)37-14-9-8-10-15-38-64-67(4,5)60-49-54-30-17-19-32-56(54)51-62(60)69(64)41-22-26-47-80(73,74)75/h8-10,14-19,29-32,37-38,48-51H,6-7,11-13,20-28,33-36,39-47,52H2,1-5H3/p+1. The van der Waals surface area contributed by atoms with E-state index in [1.807, 2.05) is 23.5 Å². The van der Waals surface area contributed by atoms with E-state index in [1.54, 1.807) is 0 Å². The van der Waals surface area contributed by atoms with Gasteiger partial charge in [-0.15, -0.1) is 0 Å². The first-order chi connectivity index (χ1) is 38.6. The Morgan fingerprint density at radius 2 is 1.18 bits per heavy atom. The Morgan fingerprint density at radius 1 is 0.613 bits per heavy atom. The maximum atomic E-state index is 12.9. The van der Waals surface area contributed by atoms with E-state index in [4.69, 9.17) is 9.47 Å². The molecular weight excluding hydrogens is 1060 g/mol. The van der Waals surface area contributed by atoms with Gasteiger partial charge in [0.2, 0.25) is 5.69 Å². The first-order valence-electron chi connectivity index (χ1n) is 29.7. The van der Waals surface area contributed by atoms with Gasteiger partial charge in [-0.05, 0) is 159 Å². The van der Waals surface area contributed by atoms with Gasteiger partial charge in [-0.3, -0.25) is 18.9 Å². The first-order valence-corrected chi connectivity index (χ1v) is 33.6. The number of unbranched alkanes of at least 4 members (excludes halogenated alkanes) is 7. The predicted molar refractivity (Wildman–Crippen MR) is 338 cm³/mol. The molecule has 0 spiro atoms. The summed E-state index contributed by atoms with van der Waals surface area (Å²) in [6.45, 7) is 13.4. The molecule has 0 atom stereocenters. The van der Waals surface area contributed by atoms with Crippen LogP contribution < -0.4 is 4.90 Å². The molecule has 0 aromatic heterocycles. The van der Waals surface area contributed by atoms with Crippen LogP contribution in [-0.4, -0.2) is 96.0 Å². The Kier molecular flexibility index (Phi) is 26.8. The molecule has 13 heteroatoms. The lowest BCUT2D eigenvalue weighted by atomic mass is 9.80. The highest BCUT2D eigenvalue weighted by atomic mass is 32.2. The van der Waals surface area contributed by atoms with Crippen LogP contribution in [0.2, 0.25) is 0 Å². The Morgan fingerprint density at radius 3 is 1.85 bits per heavy atom. The normalized spacial score (nSPS) is 15.4. The van der Waals surface area contributed by atoms with Crippen molar-refractivity contribution >= 4 is 89.8 Å². The Bertz CT molecular complexity index is 2940. The fraction of sp³-hybridized carbons (Fsp3) is 0.522. The third-order valence-electron chi connectivity index (χ3n) is 15.4. The Labute approximate surface area is 488 Å². The number of carbonyl (C=O) groups is 3. The smallest absolute Gasteiger partial charge is 0.307 e. The molecule has 0 aliphatic carbocycles. The minimum absolute atomic E-state index is 0.0214. The van der Waals surface area contributed by atoms with Crippen molar-refractivity contribution in [3.05, 3.63) is 132 Å². The van der Waals surface area contributed by atoms with Gasteiger partial charge in [0.05, 0.1) is 17.8 Å². The van der Waals surface area contributed by atoms with E-state index in [-0.39, 0.29) is 29.3 Å². The molecule has 2 heterocycles. The van der Waals surface area contributed by atoms with Gasteiger partial charge in [0.15, 0.2) is 12.5 Å². The number of carbonyl (C=O) groups excluding carboxylic acids is 3. The summed E-state index contributed by atoms with van der Waals surface area (Å²) >= 11 is 3.78. The molecule has 4 aromatic carbocycles. The Balaban J connectivity index is 0.896. The van der Waals surface area contributed by atoms with Crippen LogP contribution in [0, 0.1) is 0 Å². The molecule has 10 nitrogen and oxygen atoms in total. The van der Waals surface area contributed by atoms with Crippen molar-refractivity contribution in [2.24, 2.45) is 0 Å². The topological polar surface area (TPSA) is 130 Å². The van der Waals surface area contributed by atoms with Crippen molar-refractivity contribution in [1.82, 2.24) is 0 Å². The van der Waals surface area contributed by atoms with Crippen molar-refractivity contribution in [3.8, 4) is 0 Å². The van der Waals surface area contributed by atoms with Crippen LogP contribution in [0.15, 0.2) is 121 Å². The van der Waals surface area contributed by atoms with Crippen LogP contribution in [0.5, 0.6) is 0 Å². The molecule has 0 unspecified atom stereocenters. The summed E-state index contributed by atoms with van der Waals surface area (Å²) in [7, 11) is -4.02. The highest BCUT2D eigenvalue weighted by Crippen LogP contribution is 2.49. The monoisotopic (exact) mass is 1150 g/mol. The van der Waals surface area contributed by atoms with Crippen molar-refractivity contribution in [2.75, 3.05) is 60.2 Å². The number of ketones is 2. The van der Waals surface area contributed by atoms with Crippen molar-refractivity contribution in [2.45, 2.75) is 167 Å². The summed E-state index contributed by atoms with van der Waals surface area (Å²) in [6.07, 6.45) is 30.7. The number of ether oxygens (including phenoxy) is 2. The van der Waals surface area contributed by atoms with E-state index >= 15 is 0 Å². The zero-order valence-corrected chi connectivity index (χ0v) is 51.1. The Hall–Kier alpha value is -4.79. The van der Waals surface area contributed by atoms with Crippen LogP contribution in [0.25, 0.3) is 21.5 Å². The second-order valence-electron chi connectivity index (χ2n) is 22.5. The van der Waals surface area contributed by atoms with E-state index in [0.717, 1.165) is 136 Å².